The normalized spacial score (nSPS) is 14.7. The van der Waals surface area contributed by atoms with E-state index in [1.54, 1.807) is 7.11 Å². The van der Waals surface area contributed by atoms with Crippen LogP contribution in [0.4, 0.5) is 5.69 Å². The fraction of sp³-hybridized carbons (Fsp3) is 0.519. The number of pyridine rings is 1. The topological polar surface area (TPSA) is 63.5 Å². The third-order valence-corrected chi connectivity index (χ3v) is 6.85. The van der Waals surface area contributed by atoms with Crippen LogP contribution < -0.4 is 9.64 Å². The van der Waals surface area contributed by atoms with Gasteiger partial charge in [0.05, 0.1) is 18.3 Å². The van der Waals surface area contributed by atoms with E-state index in [4.69, 9.17) is 14.8 Å². The number of carbonyl (C=O) groups is 1. The van der Waals surface area contributed by atoms with Crippen LogP contribution in [-0.4, -0.2) is 58.9 Å². The van der Waals surface area contributed by atoms with Gasteiger partial charge in [-0.05, 0) is 71.2 Å². The number of hydrogen-bond donors (Lipinski definition) is 0. The Morgan fingerprint density at radius 3 is 2.41 bits per heavy atom. The molecule has 7 nitrogen and oxygen atoms in total. The third-order valence-electron chi connectivity index (χ3n) is 6.85. The highest BCUT2D eigenvalue weighted by Crippen LogP contribution is 2.30. The second kappa shape index (κ2) is 9.28. The van der Waals surface area contributed by atoms with E-state index in [0.717, 1.165) is 60.0 Å². The Morgan fingerprint density at radius 2 is 1.76 bits per heavy atom. The van der Waals surface area contributed by atoms with Crippen molar-refractivity contribution in [3.63, 3.8) is 0 Å². The molecule has 1 saturated heterocycles. The molecule has 3 heterocycles. The van der Waals surface area contributed by atoms with Crippen molar-refractivity contribution in [2.45, 2.75) is 59.9 Å². The van der Waals surface area contributed by atoms with E-state index in [0.29, 0.717) is 12.8 Å². The molecule has 0 radical (unpaired) electrons. The Labute approximate surface area is 202 Å². The highest BCUT2D eigenvalue weighted by molar-refractivity contribution is 5.84. The van der Waals surface area contributed by atoms with Crippen molar-refractivity contribution in [1.82, 2.24) is 19.7 Å². The molecule has 182 valence electrons. The first-order chi connectivity index (χ1) is 16.1. The lowest BCUT2D eigenvalue weighted by Gasteiger charge is -2.36. The lowest BCUT2D eigenvalue weighted by Crippen LogP contribution is -2.48. The van der Waals surface area contributed by atoms with Crippen LogP contribution in [0.25, 0.3) is 11.0 Å². The van der Waals surface area contributed by atoms with Crippen molar-refractivity contribution >= 4 is 22.6 Å². The van der Waals surface area contributed by atoms with Gasteiger partial charge in [-0.2, -0.15) is 5.10 Å². The molecule has 0 atom stereocenters. The zero-order valence-corrected chi connectivity index (χ0v) is 21.6. The molecule has 0 aliphatic carbocycles. The summed E-state index contributed by atoms with van der Waals surface area (Å²) in [5.74, 6) is 1.07. The van der Waals surface area contributed by atoms with Crippen LogP contribution in [0.2, 0.25) is 0 Å². The molecule has 7 heteroatoms. The zero-order chi connectivity index (χ0) is 24.6. The van der Waals surface area contributed by atoms with Crippen LogP contribution in [-0.2, 0) is 16.8 Å². The number of piperazine rings is 1. The Morgan fingerprint density at radius 1 is 1.06 bits per heavy atom. The van der Waals surface area contributed by atoms with Crippen molar-refractivity contribution in [3.8, 4) is 5.75 Å². The Balaban J connectivity index is 1.43. The molecule has 1 fully saturated rings. The second-order valence-corrected chi connectivity index (χ2v) is 10.2. The molecule has 3 aromatic rings. The van der Waals surface area contributed by atoms with Crippen LogP contribution in [0.1, 0.15) is 49.7 Å². The molecule has 0 saturated carbocycles. The Kier molecular flexibility index (Phi) is 6.56. The lowest BCUT2D eigenvalue weighted by atomic mass is 9.98. The minimum atomic E-state index is -0.136. The molecule has 2 aromatic heterocycles. The van der Waals surface area contributed by atoms with Crippen LogP contribution in [0, 0.1) is 20.8 Å². The first kappa shape index (κ1) is 24.0. The largest absolute Gasteiger partial charge is 0.497 e. The van der Waals surface area contributed by atoms with Gasteiger partial charge in [0, 0.05) is 55.4 Å². The highest BCUT2D eigenvalue weighted by atomic mass is 16.5. The summed E-state index contributed by atoms with van der Waals surface area (Å²) in [5.41, 5.74) is 6.30. The molecule has 0 spiro atoms. The summed E-state index contributed by atoms with van der Waals surface area (Å²) in [6.45, 7) is 15.8. The number of anilines is 1. The van der Waals surface area contributed by atoms with Gasteiger partial charge in [-0.3, -0.25) is 4.79 Å². The Hall–Kier alpha value is -3.09. The average Bonchev–Trinajstić information content (AvgIpc) is 3.15. The molecule has 34 heavy (non-hydrogen) atoms. The molecule has 0 N–H and O–H groups in total. The fourth-order valence-corrected chi connectivity index (χ4v) is 4.95. The van der Waals surface area contributed by atoms with Gasteiger partial charge >= 0.3 is 0 Å². The van der Waals surface area contributed by atoms with E-state index in [1.807, 2.05) is 28.6 Å². The monoisotopic (exact) mass is 463 g/mol. The van der Waals surface area contributed by atoms with Gasteiger partial charge in [0.2, 0.25) is 5.91 Å². The van der Waals surface area contributed by atoms with Crippen molar-refractivity contribution in [3.05, 3.63) is 46.8 Å². The van der Waals surface area contributed by atoms with Crippen molar-refractivity contribution in [2.75, 3.05) is 38.2 Å². The van der Waals surface area contributed by atoms with Gasteiger partial charge in [0.15, 0.2) is 5.65 Å². The lowest BCUT2D eigenvalue weighted by molar-refractivity contribution is -0.131. The maximum absolute atomic E-state index is 13.1. The first-order valence-electron chi connectivity index (χ1n) is 12.1. The number of aromatic nitrogens is 3. The number of fused-ring (bicyclic) bond motifs is 1. The van der Waals surface area contributed by atoms with Gasteiger partial charge in [-0.15, -0.1) is 0 Å². The predicted octanol–water partition coefficient (Wildman–Crippen LogP) is 4.40. The first-order valence-corrected chi connectivity index (χ1v) is 12.1. The summed E-state index contributed by atoms with van der Waals surface area (Å²) in [5, 5.41) is 5.90. The van der Waals surface area contributed by atoms with Crippen LogP contribution >= 0.6 is 0 Å². The van der Waals surface area contributed by atoms with Crippen LogP contribution in [0.3, 0.4) is 0 Å². The number of aryl methyl sites for hydroxylation is 3. The summed E-state index contributed by atoms with van der Waals surface area (Å²) in [6, 6.07) is 8.11. The van der Waals surface area contributed by atoms with E-state index in [2.05, 4.69) is 51.7 Å². The van der Waals surface area contributed by atoms with E-state index in [1.165, 1.54) is 11.1 Å². The molecular formula is C27H37N5O2. The highest BCUT2D eigenvalue weighted by Gasteiger charge is 2.25. The van der Waals surface area contributed by atoms with Crippen molar-refractivity contribution < 1.29 is 9.53 Å². The SMILES string of the molecule is COc1cccc(N2CCN(C(=O)CCc3c(C)nc4c(c(C)nn4C(C)(C)C)c3C)CC2)c1. The minimum absolute atomic E-state index is 0.136. The maximum atomic E-state index is 13.1. The molecule has 1 aliphatic heterocycles. The number of carbonyl (C=O) groups excluding carboxylic acids is 1. The van der Waals surface area contributed by atoms with Crippen LogP contribution in [0.15, 0.2) is 24.3 Å². The smallest absolute Gasteiger partial charge is 0.223 e. The van der Waals surface area contributed by atoms with Gasteiger partial charge in [0.1, 0.15) is 5.75 Å². The number of nitrogens with zero attached hydrogens (tertiary/aromatic N) is 5. The second-order valence-electron chi connectivity index (χ2n) is 10.2. The molecule has 0 unspecified atom stereocenters. The van der Waals surface area contributed by atoms with Gasteiger partial charge in [-0.25, -0.2) is 9.67 Å². The Bertz CT molecular complexity index is 1200. The number of rotatable bonds is 5. The number of methoxy groups -OCH3 is 1. The molecule has 1 amide bonds. The summed E-state index contributed by atoms with van der Waals surface area (Å²) in [7, 11) is 1.68. The zero-order valence-electron chi connectivity index (χ0n) is 21.6. The number of benzene rings is 1. The molecule has 1 aliphatic rings. The van der Waals surface area contributed by atoms with Gasteiger partial charge in [0.25, 0.3) is 0 Å². The van der Waals surface area contributed by atoms with E-state index < -0.39 is 0 Å². The van der Waals surface area contributed by atoms with Crippen LogP contribution in [0.5, 0.6) is 5.75 Å². The molecule has 4 rings (SSSR count). The van der Waals surface area contributed by atoms with E-state index in [9.17, 15) is 4.79 Å². The van der Waals surface area contributed by atoms with Gasteiger partial charge in [-0.1, -0.05) is 6.07 Å². The number of ether oxygens (including phenoxy) is 1. The quantitative estimate of drug-likeness (QED) is 0.561. The fourth-order valence-electron chi connectivity index (χ4n) is 4.95. The third kappa shape index (κ3) is 4.61. The standard InChI is InChI=1S/C27H37N5O2/c1-18-23(19(2)28-26-25(18)20(3)29-32(26)27(4,5)6)11-12-24(33)31-15-13-30(14-16-31)21-9-8-10-22(17-21)34-7/h8-10,17H,11-16H2,1-7H3. The summed E-state index contributed by atoms with van der Waals surface area (Å²) < 4.78 is 7.37. The minimum Gasteiger partial charge on any atom is -0.497 e. The maximum Gasteiger partial charge on any atom is 0.223 e. The summed E-state index contributed by atoms with van der Waals surface area (Å²) in [6.07, 6.45) is 1.20. The van der Waals surface area contributed by atoms with Gasteiger partial charge < -0.3 is 14.5 Å². The number of hydrogen-bond acceptors (Lipinski definition) is 5. The summed E-state index contributed by atoms with van der Waals surface area (Å²) >= 11 is 0. The summed E-state index contributed by atoms with van der Waals surface area (Å²) in [4.78, 5) is 22.3. The van der Waals surface area contributed by atoms with E-state index >= 15 is 0 Å². The average molecular weight is 464 g/mol. The molecule has 0 bridgehead atoms. The predicted molar refractivity (Wildman–Crippen MR) is 137 cm³/mol. The number of amides is 1. The van der Waals surface area contributed by atoms with Crippen molar-refractivity contribution in [2.24, 2.45) is 0 Å². The van der Waals surface area contributed by atoms with Crippen molar-refractivity contribution in [1.29, 1.82) is 0 Å². The molecule has 1 aromatic carbocycles. The molecular weight excluding hydrogens is 426 g/mol. The van der Waals surface area contributed by atoms with E-state index in [-0.39, 0.29) is 11.4 Å².